The molecule has 0 unspecified atom stereocenters. The maximum absolute atomic E-state index is 12.4. The highest BCUT2D eigenvalue weighted by molar-refractivity contribution is 5.96. The summed E-state index contributed by atoms with van der Waals surface area (Å²) in [6.45, 7) is 3.34. The van der Waals surface area contributed by atoms with E-state index in [2.05, 4.69) is 10.2 Å². The summed E-state index contributed by atoms with van der Waals surface area (Å²) in [5, 5.41) is 3.64. The first-order valence-corrected chi connectivity index (χ1v) is 9.25. The fourth-order valence-corrected chi connectivity index (χ4v) is 3.52. The van der Waals surface area contributed by atoms with Gasteiger partial charge in [0.2, 0.25) is 0 Å². The van der Waals surface area contributed by atoms with Gasteiger partial charge in [0.15, 0.2) is 0 Å². The first-order valence-electron chi connectivity index (χ1n) is 9.25. The van der Waals surface area contributed by atoms with Crippen LogP contribution in [-0.2, 0) is 6.54 Å². The van der Waals surface area contributed by atoms with Crippen LogP contribution in [0.2, 0.25) is 0 Å². The van der Waals surface area contributed by atoms with E-state index in [4.69, 9.17) is 8.83 Å². The van der Waals surface area contributed by atoms with Crippen LogP contribution in [0.15, 0.2) is 62.4 Å². The molecule has 1 fully saturated rings. The minimum atomic E-state index is -0.598. The molecular weight excluding hydrogens is 344 g/mol. The molecule has 1 amide bonds. The number of likely N-dealkylation sites (tertiary alicyclic amines) is 1. The van der Waals surface area contributed by atoms with Crippen LogP contribution in [0.4, 0.5) is 0 Å². The smallest absolute Gasteiger partial charge is 0.349 e. The Balaban J connectivity index is 1.31. The summed E-state index contributed by atoms with van der Waals surface area (Å²) in [7, 11) is 0. The Kier molecular flexibility index (Phi) is 5.07. The van der Waals surface area contributed by atoms with Gasteiger partial charge in [0.05, 0.1) is 12.8 Å². The van der Waals surface area contributed by atoms with Crippen molar-refractivity contribution in [1.82, 2.24) is 10.2 Å². The molecule has 1 N–H and O–H groups in total. The lowest BCUT2D eigenvalue weighted by atomic mass is 9.96. The Bertz CT molecular complexity index is 969. The average molecular weight is 366 g/mol. The van der Waals surface area contributed by atoms with Crippen molar-refractivity contribution in [2.75, 3.05) is 19.6 Å². The number of rotatable bonds is 5. The van der Waals surface area contributed by atoms with Crippen molar-refractivity contribution in [3.63, 3.8) is 0 Å². The van der Waals surface area contributed by atoms with Crippen LogP contribution in [0.5, 0.6) is 0 Å². The minimum absolute atomic E-state index is 0.0592. The van der Waals surface area contributed by atoms with Crippen LogP contribution in [0.3, 0.4) is 0 Å². The molecule has 4 rings (SSSR count). The van der Waals surface area contributed by atoms with E-state index in [1.165, 1.54) is 0 Å². The third-order valence-electron chi connectivity index (χ3n) is 5.10. The van der Waals surface area contributed by atoms with Gasteiger partial charge < -0.3 is 14.2 Å². The van der Waals surface area contributed by atoms with E-state index < -0.39 is 5.63 Å². The van der Waals surface area contributed by atoms with Gasteiger partial charge in [-0.15, -0.1) is 0 Å². The van der Waals surface area contributed by atoms with Crippen LogP contribution in [-0.4, -0.2) is 30.4 Å². The first kappa shape index (κ1) is 17.5. The number of fused-ring (bicyclic) bond motifs is 1. The van der Waals surface area contributed by atoms with Crippen LogP contribution >= 0.6 is 0 Å². The van der Waals surface area contributed by atoms with E-state index >= 15 is 0 Å². The van der Waals surface area contributed by atoms with Crippen molar-refractivity contribution in [3.05, 3.63) is 70.5 Å². The molecule has 3 aromatic rings. The Morgan fingerprint density at radius 2 is 1.96 bits per heavy atom. The molecule has 0 bridgehead atoms. The average Bonchev–Trinajstić information content (AvgIpc) is 3.19. The third kappa shape index (κ3) is 4.11. The van der Waals surface area contributed by atoms with Gasteiger partial charge in [-0.25, -0.2) is 4.79 Å². The molecule has 6 nitrogen and oxygen atoms in total. The Morgan fingerprint density at radius 1 is 1.15 bits per heavy atom. The molecule has 1 aliphatic heterocycles. The van der Waals surface area contributed by atoms with Gasteiger partial charge in [0.1, 0.15) is 16.9 Å². The summed E-state index contributed by atoms with van der Waals surface area (Å²) < 4.78 is 10.6. The fraction of sp³-hybridized carbons (Fsp3) is 0.333. The van der Waals surface area contributed by atoms with Crippen LogP contribution < -0.4 is 10.9 Å². The molecule has 0 spiro atoms. The number of amides is 1. The molecule has 2 aromatic heterocycles. The number of nitrogens with one attached hydrogen (secondary N) is 1. The van der Waals surface area contributed by atoms with Gasteiger partial charge in [-0.2, -0.15) is 0 Å². The number of hydrogen-bond acceptors (Lipinski definition) is 5. The van der Waals surface area contributed by atoms with Gasteiger partial charge in [0.25, 0.3) is 5.91 Å². The molecule has 27 heavy (non-hydrogen) atoms. The highest BCUT2D eigenvalue weighted by Crippen LogP contribution is 2.19. The fourth-order valence-electron chi connectivity index (χ4n) is 3.52. The third-order valence-corrected chi connectivity index (χ3v) is 5.10. The number of benzene rings is 1. The van der Waals surface area contributed by atoms with E-state index in [1.807, 2.05) is 24.3 Å². The molecule has 0 radical (unpaired) electrons. The molecule has 0 aliphatic carbocycles. The van der Waals surface area contributed by atoms with Crippen LogP contribution in [0.25, 0.3) is 11.0 Å². The zero-order chi connectivity index (χ0) is 18.6. The predicted octanol–water partition coefficient (Wildman–Crippen LogP) is 3.03. The number of carbonyl (C=O) groups is 1. The van der Waals surface area contributed by atoms with Crippen molar-refractivity contribution in [2.24, 2.45) is 5.92 Å². The maximum atomic E-state index is 12.4. The van der Waals surface area contributed by atoms with E-state index in [9.17, 15) is 9.59 Å². The summed E-state index contributed by atoms with van der Waals surface area (Å²) in [4.78, 5) is 26.9. The van der Waals surface area contributed by atoms with E-state index in [1.54, 1.807) is 24.5 Å². The van der Waals surface area contributed by atoms with Gasteiger partial charge in [0, 0.05) is 11.9 Å². The summed E-state index contributed by atoms with van der Waals surface area (Å²) in [5.74, 6) is 1.02. The highest BCUT2D eigenvalue weighted by Gasteiger charge is 2.21. The largest absolute Gasteiger partial charge is 0.468 e. The van der Waals surface area contributed by atoms with Crippen molar-refractivity contribution in [2.45, 2.75) is 19.4 Å². The summed E-state index contributed by atoms with van der Waals surface area (Å²) in [6, 6.07) is 12.7. The summed E-state index contributed by atoms with van der Waals surface area (Å²) in [5.41, 5.74) is -0.0496. The second-order valence-corrected chi connectivity index (χ2v) is 6.99. The number of carbonyl (C=O) groups excluding carboxylic acids is 1. The molecule has 6 heteroatoms. The molecule has 0 saturated carbocycles. The number of hydrogen-bond donors (Lipinski definition) is 1. The quantitative estimate of drug-likeness (QED) is 0.703. The minimum Gasteiger partial charge on any atom is -0.468 e. The summed E-state index contributed by atoms with van der Waals surface area (Å²) in [6.07, 6.45) is 3.71. The normalized spacial score (nSPS) is 15.9. The molecule has 1 aliphatic rings. The van der Waals surface area contributed by atoms with Gasteiger partial charge >= 0.3 is 5.63 Å². The van der Waals surface area contributed by atoms with Crippen LogP contribution in [0, 0.1) is 5.92 Å². The molecular formula is C21H22N2O4. The lowest BCUT2D eigenvalue weighted by molar-refractivity contribution is 0.0930. The molecule has 140 valence electrons. The Hall–Kier alpha value is -2.86. The number of piperidine rings is 1. The lowest BCUT2D eigenvalue weighted by Crippen LogP contribution is -2.39. The standard InChI is InChI=1S/C21H22N2O4/c24-20(18-12-16-4-1-2-6-19(16)27-21(18)25)22-13-15-7-9-23(10-8-15)14-17-5-3-11-26-17/h1-6,11-12,15H,7-10,13-14H2,(H,22,24). The zero-order valence-electron chi connectivity index (χ0n) is 15.0. The number of furan rings is 1. The first-order chi connectivity index (χ1) is 13.2. The lowest BCUT2D eigenvalue weighted by Gasteiger charge is -2.31. The highest BCUT2D eigenvalue weighted by atomic mass is 16.4. The molecule has 0 atom stereocenters. The van der Waals surface area contributed by atoms with Crippen LogP contribution in [0.1, 0.15) is 29.0 Å². The molecule has 3 heterocycles. The van der Waals surface area contributed by atoms with Gasteiger partial charge in [-0.05, 0) is 56.1 Å². The monoisotopic (exact) mass is 366 g/mol. The number of nitrogens with zero attached hydrogens (tertiary/aromatic N) is 1. The molecule has 1 saturated heterocycles. The van der Waals surface area contributed by atoms with Crippen molar-refractivity contribution in [3.8, 4) is 0 Å². The van der Waals surface area contributed by atoms with Crippen molar-refractivity contribution in [1.29, 1.82) is 0 Å². The Labute approximate surface area is 156 Å². The SMILES string of the molecule is O=C(NCC1CCN(Cc2ccco2)CC1)c1cc2ccccc2oc1=O. The van der Waals surface area contributed by atoms with Gasteiger partial charge in [-0.3, -0.25) is 9.69 Å². The maximum Gasteiger partial charge on any atom is 0.349 e. The second-order valence-electron chi connectivity index (χ2n) is 6.99. The zero-order valence-corrected chi connectivity index (χ0v) is 15.0. The van der Waals surface area contributed by atoms with Crippen molar-refractivity contribution < 1.29 is 13.6 Å². The van der Waals surface area contributed by atoms with Gasteiger partial charge in [-0.1, -0.05) is 18.2 Å². The predicted molar refractivity (Wildman–Crippen MR) is 102 cm³/mol. The van der Waals surface area contributed by atoms with Crippen molar-refractivity contribution >= 4 is 16.9 Å². The van der Waals surface area contributed by atoms with E-state index in [0.717, 1.165) is 43.6 Å². The van der Waals surface area contributed by atoms with E-state index in [0.29, 0.717) is 18.0 Å². The Morgan fingerprint density at radius 3 is 2.74 bits per heavy atom. The second kappa shape index (κ2) is 7.80. The molecule has 1 aromatic carbocycles. The number of para-hydroxylation sites is 1. The summed E-state index contributed by atoms with van der Waals surface area (Å²) >= 11 is 0. The van der Waals surface area contributed by atoms with E-state index in [-0.39, 0.29) is 11.5 Å². The topological polar surface area (TPSA) is 75.7 Å².